The molecular weight excluding hydrogens is 240 g/mol. The molecular formula is C15H22N2O2. The molecule has 1 aromatic carbocycles. The van der Waals surface area contributed by atoms with Gasteiger partial charge in [0.1, 0.15) is 5.75 Å². The van der Waals surface area contributed by atoms with Crippen LogP contribution in [0.25, 0.3) is 0 Å². The van der Waals surface area contributed by atoms with E-state index in [4.69, 9.17) is 4.74 Å². The van der Waals surface area contributed by atoms with Crippen molar-refractivity contribution in [2.24, 2.45) is 5.92 Å². The molecule has 0 saturated heterocycles. The van der Waals surface area contributed by atoms with E-state index in [-0.39, 0.29) is 17.9 Å². The first kappa shape index (κ1) is 13.9. The second-order valence-electron chi connectivity index (χ2n) is 5.28. The number of ether oxygens (including phenoxy) is 1. The van der Waals surface area contributed by atoms with Gasteiger partial charge in [0, 0.05) is 12.5 Å². The molecule has 0 aliphatic heterocycles. The molecule has 0 aromatic heterocycles. The zero-order valence-electron chi connectivity index (χ0n) is 11.8. The molecule has 4 heteroatoms. The fourth-order valence-electron chi connectivity index (χ4n) is 2.13. The highest BCUT2D eigenvalue weighted by atomic mass is 16.5. The number of carbonyl (C=O) groups is 1. The summed E-state index contributed by atoms with van der Waals surface area (Å²) in [6.07, 6.45) is 2.08. The quantitative estimate of drug-likeness (QED) is 0.850. The number of likely N-dealkylation sites (N-methyl/N-ethyl adjacent to an activating group) is 1. The number of rotatable bonds is 6. The minimum absolute atomic E-state index is 0.165. The maximum atomic E-state index is 11.7. The van der Waals surface area contributed by atoms with Crippen LogP contribution in [0.5, 0.6) is 5.75 Å². The smallest absolute Gasteiger partial charge is 0.223 e. The van der Waals surface area contributed by atoms with Crippen LogP contribution in [0.2, 0.25) is 0 Å². The number of hydrogen-bond acceptors (Lipinski definition) is 3. The fourth-order valence-corrected chi connectivity index (χ4v) is 2.13. The third-order valence-corrected chi connectivity index (χ3v) is 3.52. The summed E-state index contributed by atoms with van der Waals surface area (Å²) in [6.45, 7) is 0.634. The highest BCUT2D eigenvalue weighted by molar-refractivity contribution is 5.80. The third kappa shape index (κ3) is 3.70. The van der Waals surface area contributed by atoms with Gasteiger partial charge < -0.3 is 15.0 Å². The standard InChI is InChI=1S/C15H22N2O2/c1-17(2)14(10-16-15(18)11-7-8-11)12-5-4-6-13(9-12)19-3/h4-6,9,11,14H,7-8,10H2,1-3H3,(H,16,18). The lowest BCUT2D eigenvalue weighted by Crippen LogP contribution is -2.35. The first-order chi connectivity index (χ1) is 9.11. The molecule has 2 rings (SSSR count). The first-order valence-electron chi connectivity index (χ1n) is 6.70. The second-order valence-corrected chi connectivity index (χ2v) is 5.28. The molecule has 0 radical (unpaired) electrons. The Labute approximate surface area is 114 Å². The summed E-state index contributed by atoms with van der Waals surface area (Å²) < 4.78 is 5.25. The average Bonchev–Trinajstić information content (AvgIpc) is 3.23. The largest absolute Gasteiger partial charge is 0.497 e. The summed E-state index contributed by atoms with van der Waals surface area (Å²) in [5.74, 6) is 1.29. The van der Waals surface area contributed by atoms with Crippen molar-refractivity contribution in [3.63, 3.8) is 0 Å². The topological polar surface area (TPSA) is 41.6 Å². The van der Waals surface area contributed by atoms with Crippen LogP contribution >= 0.6 is 0 Å². The summed E-state index contributed by atoms with van der Waals surface area (Å²) in [6, 6.07) is 8.16. The molecule has 0 spiro atoms. The Morgan fingerprint density at radius 3 is 2.79 bits per heavy atom. The van der Waals surface area contributed by atoms with Crippen molar-refractivity contribution in [3.8, 4) is 5.75 Å². The molecule has 4 nitrogen and oxygen atoms in total. The Morgan fingerprint density at radius 1 is 1.47 bits per heavy atom. The van der Waals surface area contributed by atoms with Gasteiger partial charge in [-0.1, -0.05) is 12.1 Å². The second kappa shape index (κ2) is 6.06. The number of amides is 1. The van der Waals surface area contributed by atoms with Gasteiger partial charge in [0.25, 0.3) is 0 Å². The Morgan fingerprint density at radius 2 is 2.21 bits per heavy atom. The van der Waals surface area contributed by atoms with Crippen LogP contribution in [0, 0.1) is 5.92 Å². The van der Waals surface area contributed by atoms with E-state index >= 15 is 0 Å². The molecule has 1 N–H and O–H groups in total. The number of benzene rings is 1. The molecule has 0 heterocycles. The molecule has 1 saturated carbocycles. The monoisotopic (exact) mass is 262 g/mol. The summed E-state index contributed by atoms with van der Waals surface area (Å²) >= 11 is 0. The van der Waals surface area contributed by atoms with Crippen molar-refractivity contribution in [1.82, 2.24) is 10.2 Å². The molecule has 1 aliphatic carbocycles. The van der Waals surface area contributed by atoms with E-state index in [0.717, 1.165) is 24.2 Å². The Hall–Kier alpha value is -1.55. The van der Waals surface area contributed by atoms with E-state index in [2.05, 4.69) is 16.3 Å². The zero-order valence-corrected chi connectivity index (χ0v) is 11.8. The predicted molar refractivity (Wildman–Crippen MR) is 75.2 cm³/mol. The lowest BCUT2D eigenvalue weighted by Gasteiger charge is -2.25. The van der Waals surface area contributed by atoms with E-state index in [0.29, 0.717) is 6.54 Å². The number of nitrogens with one attached hydrogen (secondary N) is 1. The van der Waals surface area contributed by atoms with Crippen LogP contribution < -0.4 is 10.1 Å². The van der Waals surface area contributed by atoms with Gasteiger partial charge in [0.05, 0.1) is 13.2 Å². The van der Waals surface area contributed by atoms with Gasteiger partial charge in [-0.2, -0.15) is 0 Å². The van der Waals surface area contributed by atoms with Crippen LogP contribution in [-0.4, -0.2) is 38.6 Å². The van der Waals surface area contributed by atoms with Gasteiger partial charge in [-0.15, -0.1) is 0 Å². The van der Waals surface area contributed by atoms with Crippen molar-refractivity contribution in [3.05, 3.63) is 29.8 Å². The van der Waals surface area contributed by atoms with E-state index in [1.54, 1.807) is 7.11 Å². The van der Waals surface area contributed by atoms with Crippen LogP contribution in [0.4, 0.5) is 0 Å². The highest BCUT2D eigenvalue weighted by Crippen LogP contribution is 2.29. The van der Waals surface area contributed by atoms with E-state index in [9.17, 15) is 4.79 Å². The van der Waals surface area contributed by atoms with E-state index in [1.165, 1.54) is 0 Å². The first-order valence-corrected chi connectivity index (χ1v) is 6.70. The maximum absolute atomic E-state index is 11.7. The maximum Gasteiger partial charge on any atom is 0.223 e. The highest BCUT2D eigenvalue weighted by Gasteiger charge is 2.30. The summed E-state index contributed by atoms with van der Waals surface area (Å²) in [7, 11) is 5.71. The van der Waals surface area contributed by atoms with Gasteiger partial charge in [-0.25, -0.2) is 0 Å². The lowest BCUT2D eigenvalue weighted by molar-refractivity contribution is -0.122. The number of nitrogens with zero attached hydrogens (tertiary/aromatic N) is 1. The number of methoxy groups -OCH3 is 1. The van der Waals surface area contributed by atoms with Crippen molar-refractivity contribution in [2.75, 3.05) is 27.7 Å². The van der Waals surface area contributed by atoms with Crippen molar-refractivity contribution in [1.29, 1.82) is 0 Å². The van der Waals surface area contributed by atoms with Gasteiger partial charge in [0.15, 0.2) is 0 Å². The molecule has 1 aliphatic rings. The number of carbonyl (C=O) groups excluding carboxylic acids is 1. The zero-order chi connectivity index (χ0) is 13.8. The minimum Gasteiger partial charge on any atom is -0.497 e. The van der Waals surface area contributed by atoms with E-state index < -0.39 is 0 Å². The van der Waals surface area contributed by atoms with Gasteiger partial charge >= 0.3 is 0 Å². The van der Waals surface area contributed by atoms with Crippen LogP contribution in [0.15, 0.2) is 24.3 Å². The summed E-state index contributed by atoms with van der Waals surface area (Å²) in [5.41, 5.74) is 1.15. The molecule has 1 aromatic rings. The van der Waals surface area contributed by atoms with E-state index in [1.807, 2.05) is 32.3 Å². The predicted octanol–water partition coefficient (Wildman–Crippen LogP) is 1.82. The summed E-state index contributed by atoms with van der Waals surface area (Å²) in [5, 5.41) is 3.04. The molecule has 104 valence electrons. The SMILES string of the molecule is COc1cccc(C(CNC(=O)C2CC2)N(C)C)c1. The fraction of sp³-hybridized carbons (Fsp3) is 0.533. The van der Waals surface area contributed by atoms with Crippen molar-refractivity contribution in [2.45, 2.75) is 18.9 Å². The van der Waals surface area contributed by atoms with Crippen molar-refractivity contribution >= 4 is 5.91 Å². The number of hydrogen-bond donors (Lipinski definition) is 1. The minimum atomic E-state index is 0.165. The average molecular weight is 262 g/mol. The van der Waals surface area contributed by atoms with Gasteiger partial charge in [0.2, 0.25) is 5.91 Å². The normalized spacial score (nSPS) is 16.2. The van der Waals surface area contributed by atoms with Gasteiger partial charge in [-0.3, -0.25) is 4.79 Å². The Kier molecular flexibility index (Phi) is 4.43. The lowest BCUT2D eigenvalue weighted by atomic mass is 10.1. The van der Waals surface area contributed by atoms with Crippen LogP contribution in [-0.2, 0) is 4.79 Å². The summed E-state index contributed by atoms with van der Waals surface area (Å²) in [4.78, 5) is 13.8. The van der Waals surface area contributed by atoms with Crippen LogP contribution in [0.1, 0.15) is 24.4 Å². The molecule has 1 atom stereocenters. The molecule has 1 unspecified atom stereocenters. The molecule has 19 heavy (non-hydrogen) atoms. The van der Waals surface area contributed by atoms with Gasteiger partial charge in [-0.05, 0) is 44.6 Å². The molecule has 0 bridgehead atoms. The van der Waals surface area contributed by atoms with Crippen molar-refractivity contribution < 1.29 is 9.53 Å². The Bertz CT molecular complexity index is 442. The Balaban J connectivity index is 2.03. The molecule has 1 fully saturated rings. The van der Waals surface area contributed by atoms with Crippen LogP contribution in [0.3, 0.4) is 0 Å². The third-order valence-electron chi connectivity index (χ3n) is 3.52. The molecule has 1 amide bonds.